The van der Waals surface area contributed by atoms with Crippen molar-refractivity contribution in [1.82, 2.24) is 0 Å². The highest BCUT2D eigenvalue weighted by atomic mass is 32.2. The Morgan fingerprint density at radius 3 is 2.14 bits per heavy atom. The Balaban J connectivity index is 2.13. The predicted octanol–water partition coefficient (Wildman–Crippen LogP) is 4.36. The molecule has 7 heteroatoms. The van der Waals surface area contributed by atoms with Crippen molar-refractivity contribution in [3.8, 4) is 0 Å². The molecule has 0 aliphatic heterocycles. The number of rotatable bonds is 5. The van der Waals surface area contributed by atoms with Crippen LogP contribution in [-0.2, 0) is 0 Å². The maximum Gasteiger partial charge on any atom is 0.269 e. The van der Waals surface area contributed by atoms with Gasteiger partial charge in [0.1, 0.15) is 0 Å². The van der Waals surface area contributed by atoms with Crippen molar-refractivity contribution in [3.63, 3.8) is 0 Å². The minimum atomic E-state index is -0.446. The predicted molar refractivity (Wildman–Crippen MR) is 80.5 cm³/mol. The molecule has 0 aliphatic carbocycles. The quantitative estimate of drug-likeness (QED) is 0.465. The van der Waals surface area contributed by atoms with Gasteiger partial charge in [0.25, 0.3) is 11.4 Å². The van der Waals surface area contributed by atoms with Gasteiger partial charge in [0.2, 0.25) is 0 Å². The fourth-order valence-electron chi connectivity index (χ4n) is 1.81. The third kappa shape index (κ3) is 3.79. The number of thioether (sulfide) groups is 1. The van der Waals surface area contributed by atoms with Gasteiger partial charge in [-0.05, 0) is 24.6 Å². The summed E-state index contributed by atoms with van der Waals surface area (Å²) in [6.45, 7) is 1.94. The van der Waals surface area contributed by atoms with E-state index in [0.29, 0.717) is 0 Å². The van der Waals surface area contributed by atoms with E-state index in [9.17, 15) is 20.2 Å². The molecule has 0 heterocycles. The second-order valence-corrected chi connectivity index (χ2v) is 5.78. The lowest BCUT2D eigenvalue weighted by molar-refractivity contribution is -0.385. The zero-order chi connectivity index (χ0) is 15.4. The Bertz CT molecular complexity index is 673. The Hall–Kier alpha value is -2.41. The van der Waals surface area contributed by atoms with E-state index in [1.54, 1.807) is 24.3 Å². The third-order valence-electron chi connectivity index (χ3n) is 2.91. The summed E-state index contributed by atoms with van der Waals surface area (Å²) in [6, 6.07) is 12.7. The molecule has 0 saturated carbocycles. The summed E-state index contributed by atoms with van der Waals surface area (Å²) in [6.07, 6.45) is 0. The van der Waals surface area contributed by atoms with Crippen molar-refractivity contribution in [2.75, 3.05) is 0 Å². The molecule has 1 atom stereocenters. The first kappa shape index (κ1) is 15.0. The Labute approximate surface area is 125 Å². The first-order valence-corrected chi connectivity index (χ1v) is 7.01. The zero-order valence-electron chi connectivity index (χ0n) is 11.1. The van der Waals surface area contributed by atoms with Gasteiger partial charge in [-0.2, -0.15) is 0 Å². The maximum atomic E-state index is 10.8. The number of benzene rings is 2. The van der Waals surface area contributed by atoms with Crippen LogP contribution in [0.4, 0.5) is 11.4 Å². The minimum absolute atomic E-state index is 0.00589. The van der Waals surface area contributed by atoms with Gasteiger partial charge in [0.15, 0.2) is 0 Å². The highest BCUT2D eigenvalue weighted by Crippen LogP contribution is 2.36. The van der Waals surface area contributed by atoms with Crippen LogP contribution in [0.25, 0.3) is 0 Å². The van der Waals surface area contributed by atoms with Crippen molar-refractivity contribution in [3.05, 3.63) is 74.3 Å². The van der Waals surface area contributed by atoms with E-state index in [4.69, 9.17) is 0 Å². The van der Waals surface area contributed by atoms with Crippen LogP contribution in [0.1, 0.15) is 17.7 Å². The van der Waals surface area contributed by atoms with Crippen LogP contribution in [-0.4, -0.2) is 9.85 Å². The van der Waals surface area contributed by atoms with Gasteiger partial charge < -0.3 is 0 Å². The van der Waals surface area contributed by atoms with Crippen LogP contribution >= 0.6 is 11.8 Å². The zero-order valence-corrected chi connectivity index (χ0v) is 11.9. The second kappa shape index (κ2) is 6.36. The Kier molecular flexibility index (Phi) is 4.54. The number of nitro groups is 2. The monoisotopic (exact) mass is 304 g/mol. The molecule has 0 spiro atoms. The molecule has 108 valence electrons. The molecule has 0 N–H and O–H groups in total. The molecule has 0 unspecified atom stereocenters. The van der Waals surface area contributed by atoms with E-state index < -0.39 is 9.85 Å². The molecule has 21 heavy (non-hydrogen) atoms. The molecule has 0 fully saturated rings. The van der Waals surface area contributed by atoms with Crippen molar-refractivity contribution in [2.24, 2.45) is 0 Å². The van der Waals surface area contributed by atoms with Crippen molar-refractivity contribution in [1.29, 1.82) is 0 Å². The van der Waals surface area contributed by atoms with Crippen LogP contribution < -0.4 is 0 Å². The standard InChI is InChI=1S/C14H12N2O4S/c1-10(11-3-2-4-13(9-11)16(19)20)21-14-7-5-12(6-8-14)15(17)18/h2-10H,1H3/t10-/m1/s1. The van der Waals surface area contributed by atoms with Crippen LogP contribution in [0.2, 0.25) is 0 Å². The largest absolute Gasteiger partial charge is 0.269 e. The van der Waals surface area contributed by atoms with E-state index in [1.807, 2.05) is 13.0 Å². The average molecular weight is 304 g/mol. The fourth-order valence-corrected chi connectivity index (χ4v) is 2.79. The lowest BCUT2D eigenvalue weighted by Crippen LogP contribution is -1.93. The lowest BCUT2D eigenvalue weighted by atomic mass is 10.1. The Morgan fingerprint density at radius 2 is 1.57 bits per heavy atom. The Morgan fingerprint density at radius 1 is 0.952 bits per heavy atom. The molecule has 2 rings (SSSR count). The summed E-state index contributed by atoms with van der Waals surface area (Å²) in [4.78, 5) is 21.4. The van der Waals surface area contributed by atoms with Crippen LogP contribution in [0.3, 0.4) is 0 Å². The van der Waals surface area contributed by atoms with Crippen molar-refractivity contribution < 1.29 is 9.85 Å². The van der Waals surface area contributed by atoms with E-state index in [2.05, 4.69) is 0 Å². The average Bonchev–Trinajstić information content (AvgIpc) is 2.48. The van der Waals surface area contributed by atoms with Crippen molar-refractivity contribution in [2.45, 2.75) is 17.1 Å². The summed E-state index contributed by atoms with van der Waals surface area (Å²) in [5, 5.41) is 21.4. The third-order valence-corrected chi connectivity index (χ3v) is 4.08. The highest BCUT2D eigenvalue weighted by Gasteiger charge is 2.13. The fraction of sp³-hybridized carbons (Fsp3) is 0.143. The molecule has 0 bridgehead atoms. The summed E-state index contributed by atoms with van der Waals surface area (Å²) in [5.41, 5.74) is 0.943. The molecule has 0 aromatic heterocycles. The van der Waals surface area contributed by atoms with Gasteiger partial charge in [-0.1, -0.05) is 12.1 Å². The van der Waals surface area contributed by atoms with E-state index in [-0.39, 0.29) is 16.6 Å². The smallest absolute Gasteiger partial charge is 0.258 e. The van der Waals surface area contributed by atoms with E-state index >= 15 is 0 Å². The first-order chi connectivity index (χ1) is 9.97. The SMILES string of the molecule is C[C@@H](Sc1ccc([N+](=O)[O-])cc1)c1cccc([N+](=O)[O-])c1. The first-order valence-electron chi connectivity index (χ1n) is 6.13. The second-order valence-electron chi connectivity index (χ2n) is 4.36. The molecule has 6 nitrogen and oxygen atoms in total. The molecule has 0 saturated heterocycles. The van der Waals surface area contributed by atoms with Gasteiger partial charge in [-0.3, -0.25) is 20.2 Å². The topological polar surface area (TPSA) is 86.3 Å². The number of nitrogens with zero attached hydrogens (tertiary/aromatic N) is 2. The normalized spacial score (nSPS) is 11.9. The molecule has 0 amide bonds. The lowest BCUT2D eigenvalue weighted by Gasteiger charge is -2.11. The maximum absolute atomic E-state index is 10.8. The summed E-state index contributed by atoms with van der Waals surface area (Å²) < 4.78 is 0. The van der Waals surface area contributed by atoms with Crippen molar-refractivity contribution >= 4 is 23.1 Å². The molecular weight excluding hydrogens is 292 g/mol. The molecule has 2 aromatic rings. The van der Waals surface area contributed by atoms with Gasteiger partial charge in [-0.25, -0.2) is 0 Å². The van der Waals surface area contributed by atoms with E-state index in [1.165, 1.54) is 30.0 Å². The number of hydrogen-bond acceptors (Lipinski definition) is 5. The summed E-state index contributed by atoms with van der Waals surface area (Å²) in [7, 11) is 0. The van der Waals surface area contributed by atoms with Crippen LogP contribution in [0.15, 0.2) is 53.4 Å². The van der Waals surface area contributed by atoms with Crippen LogP contribution in [0.5, 0.6) is 0 Å². The molecule has 0 radical (unpaired) electrons. The van der Waals surface area contributed by atoms with Crippen LogP contribution in [0, 0.1) is 20.2 Å². The number of nitro benzene ring substituents is 2. The number of hydrogen-bond donors (Lipinski definition) is 0. The van der Waals surface area contributed by atoms with Gasteiger partial charge in [-0.15, -0.1) is 11.8 Å². The molecule has 2 aromatic carbocycles. The van der Waals surface area contributed by atoms with Gasteiger partial charge >= 0.3 is 0 Å². The highest BCUT2D eigenvalue weighted by molar-refractivity contribution is 7.99. The molecule has 0 aliphatic rings. The molecular formula is C14H12N2O4S. The number of non-ortho nitro benzene ring substituents is 2. The minimum Gasteiger partial charge on any atom is -0.258 e. The summed E-state index contributed by atoms with van der Waals surface area (Å²) in [5.74, 6) is 0. The van der Waals surface area contributed by atoms with Gasteiger partial charge in [0, 0.05) is 34.4 Å². The summed E-state index contributed by atoms with van der Waals surface area (Å²) >= 11 is 1.49. The van der Waals surface area contributed by atoms with Gasteiger partial charge in [0.05, 0.1) is 9.85 Å². The van der Waals surface area contributed by atoms with E-state index in [0.717, 1.165) is 10.5 Å².